The van der Waals surface area contributed by atoms with Crippen molar-refractivity contribution in [2.24, 2.45) is 0 Å². The molecular formula is C14H14F2N2OS. The highest BCUT2D eigenvalue weighted by atomic mass is 32.2. The van der Waals surface area contributed by atoms with Gasteiger partial charge in [-0.3, -0.25) is 0 Å². The van der Waals surface area contributed by atoms with Gasteiger partial charge < -0.3 is 5.11 Å². The van der Waals surface area contributed by atoms with E-state index in [-0.39, 0.29) is 10.5 Å². The van der Waals surface area contributed by atoms with Gasteiger partial charge >= 0.3 is 0 Å². The SMILES string of the molecule is Cc1nc(Sc2c(F)cc(CO)cc2F)nc(C)c1C. The van der Waals surface area contributed by atoms with Crippen LogP contribution in [0.5, 0.6) is 0 Å². The first kappa shape index (κ1) is 14.9. The van der Waals surface area contributed by atoms with E-state index in [0.717, 1.165) is 40.8 Å². The van der Waals surface area contributed by atoms with Crippen molar-refractivity contribution in [3.63, 3.8) is 0 Å². The van der Waals surface area contributed by atoms with E-state index in [1.54, 1.807) is 0 Å². The lowest BCUT2D eigenvalue weighted by Crippen LogP contribution is -1.99. The minimum atomic E-state index is -0.724. The van der Waals surface area contributed by atoms with Crippen molar-refractivity contribution in [2.45, 2.75) is 37.4 Å². The van der Waals surface area contributed by atoms with Gasteiger partial charge in [-0.15, -0.1) is 0 Å². The van der Waals surface area contributed by atoms with E-state index < -0.39 is 18.2 Å². The maximum absolute atomic E-state index is 13.8. The molecule has 0 unspecified atom stereocenters. The van der Waals surface area contributed by atoms with Crippen LogP contribution in [0, 0.1) is 32.4 Å². The van der Waals surface area contributed by atoms with Crippen molar-refractivity contribution in [3.05, 3.63) is 46.3 Å². The van der Waals surface area contributed by atoms with Crippen LogP contribution in [-0.4, -0.2) is 15.1 Å². The van der Waals surface area contributed by atoms with Crippen LogP contribution < -0.4 is 0 Å². The number of hydrogen-bond donors (Lipinski definition) is 1. The first-order valence-corrected chi connectivity index (χ1v) is 6.82. The molecule has 0 aliphatic heterocycles. The highest BCUT2D eigenvalue weighted by Gasteiger charge is 2.15. The molecule has 20 heavy (non-hydrogen) atoms. The minimum Gasteiger partial charge on any atom is -0.392 e. The summed E-state index contributed by atoms with van der Waals surface area (Å²) in [4.78, 5) is 8.28. The largest absolute Gasteiger partial charge is 0.392 e. The zero-order valence-electron chi connectivity index (χ0n) is 11.4. The van der Waals surface area contributed by atoms with E-state index in [1.807, 2.05) is 20.8 Å². The molecule has 1 heterocycles. The molecule has 106 valence electrons. The average molecular weight is 296 g/mol. The number of aromatic nitrogens is 2. The quantitative estimate of drug-likeness (QED) is 0.883. The Morgan fingerprint density at radius 3 is 2.00 bits per heavy atom. The van der Waals surface area contributed by atoms with E-state index in [9.17, 15) is 8.78 Å². The summed E-state index contributed by atoms with van der Waals surface area (Å²) in [6, 6.07) is 2.22. The number of aryl methyl sites for hydroxylation is 2. The average Bonchev–Trinajstić information content (AvgIpc) is 2.39. The number of aliphatic hydroxyl groups is 1. The zero-order chi connectivity index (χ0) is 14.9. The molecule has 0 spiro atoms. The van der Waals surface area contributed by atoms with Crippen molar-refractivity contribution in [3.8, 4) is 0 Å². The number of nitrogens with zero attached hydrogens (tertiary/aromatic N) is 2. The molecule has 0 aliphatic rings. The van der Waals surface area contributed by atoms with Crippen molar-refractivity contribution in [1.29, 1.82) is 0 Å². The van der Waals surface area contributed by atoms with Crippen molar-refractivity contribution in [1.82, 2.24) is 9.97 Å². The maximum atomic E-state index is 13.8. The summed E-state index contributed by atoms with van der Waals surface area (Å²) in [5.74, 6) is -1.45. The van der Waals surface area contributed by atoms with Gasteiger partial charge in [-0.1, -0.05) is 0 Å². The van der Waals surface area contributed by atoms with Gasteiger partial charge in [0.1, 0.15) is 11.6 Å². The Morgan fingerprint density at radius 2 is 1.55 bits per heavy atom. The fraction of sp³-hybridized carbons (Fsp3) is 0.286. The van der Waals surface area contributed by atoms with Gasteiger partial charge in [0.05, 0.1) is 11.5 Å². The fourth-order valence-corrected chi connectivity index (χ4v) is 2.54. The summed E-state index contributed by atoms with van der Waals surface area (Å²) in [6.45, 7) is 5.15. The molecule has 2 aromatic rings. The normalized spacial score (nSPS) is 10.9. The number of aliphatic hydroxyl groups excluding tert-OH is 1. The van der Waals surface area contributed by atoms with E-state index in [4.69, 9.17) is 5.11 Å². The first-order chi connectivity index (χ1) is 9.42. The van der Waals surface area contributed by atoms with Gasteiger partial charge in [-0.25, -0.2) is 18.7 Å². The topological polar surface area (TPSA) is 46.0 Å². The molecule has 3 nitrogen and oxygen atoms in total. The Hall–Kier alpha value is -1.53. The molecule has 0 fully saturated rings. The fourth-order valence-electron chi connectivity index (χ4n) is 1.68. The predicted octanol–water partition coefficient (Wildman–Crippen LogP) is 3.32. The van der Waals surface area contributed by atoms with E-state index >= 15 is 0 Å². The third-order valence-corrected chi connectivity index (χ3v) is 4.01. The second kappa shape index (κ2) is 5.85. The Kier molecular flexibility index (Phi) is 4.35. The van der Waals surface area contributed by atoms with E-state index in [0.29, 0.717) is 5.16 Å². The van der Waals surface area contributed by atoms with Gasteiger partial charge in [0.25, 0.3) is 0 Å². The summed E-state index contributed by atoms with van der Waals surface area (Å²) in [6.07, 6.45) is 0. The predicted molar refractivity (Wildman–Crippen MR) is 72.6 cm³/mol. The van der Waals surface area contributed by atoms with Crippen LogP contribution in [0.1, 0.15) is 22.5 Å². The van der Waals surface area contributed by atoms with Crippen molar-refractivity contribution >= 4 is 11.8 Å². The summed E-state index contributed by atoms with van der Waals surface area (Å²) in [7, 11) is 0. The number of rotatable bonds is 3. The second-order valence-electron chi connectivity index (χ2n) is 4.45. The molecule has 0 radical (unpaired) electrons. The molecule has 0 amide bonds. The summed E-state index contributed by atoms with van der Waals surface area (Å²) in [5.41, 5.74) is 2.73. The zero-order valence-corrected chi connectivity index (χ0v) is 12.2. The maximum Gasteiger partial charge on any atom is 0.193 e. The monoisotopic (exact) mass is 296 g/mol. The highest BCUT2D eigenvalue weighted by molar-refractivity contribution is 7.99. The van der Waals surface area contributed by atoms with Crippen LogP contribution in [0.25, 0.3) is 0 Å². The second-order valence-corrected chi connectivity index (χ2v) is 5.43. The van der Waals surface area contributed by atoms with Gasteiger partial charge in [0.15, 0.2) is 5.16 Å². The molecule has 0 bridgehead atoms. The third-order valence-electron chi connectivity index (χ3n) is 3.05. The van der Waals surface area contributed by atoms with Gasteiger partial charge in [-0.05, 0) is 55.8 Å². The van der Waals surface area contributed by atoms with E-state index in [2.05, 4.69) is 9.97 Å². The third kappa shape index (κ3) is 2.96. The molecule has 1 aromatic heterocycles. The smallest absolute Gasteiger partial charge is 0.193 e. The molecule has 0 atom stereocenters. The molecule has 2 rings (SSSR count). The molecule has 0 saturated carbocycles. The Bertz CT molecular complexity index is 616. The molecule has 0 aliphatic carbocycles. The van der Waals surface area contributed by atoms with Crippen LogP contribution in [-0.2, 0) is 6.61 Å². The minimum absolute atomic E-state index is 0.162. The highest BCUT2D eigenvalue weighted by Crippen LogP contribution is 2.31. The molecule has 0 saturated heterocycles. The number of hydrogen-bond acceptors (Lipinski definition) is 4. The standard InChI is InChI=1S/C14H14F2N2OS/c1-7-8(2)17-14(18-9(7)3)20-13-11(15)4-10(6-19)5-12(13)16/h4-5,19H,6H2,1-3H3. The first-order valence-electron chi connectivity index (χ1n) is 6.01. The van der Waals surface area contributed by atoms with Gasteiger partial charge in [0.2, 0.25) is 0 Å². The summed E-state index contributed by atoms with van der Waals surface area (Å²) < 4.78 is 27.7. The lowest BCUT2D eigenvalue weighted by Gasteiger charge is -2.08. The van der Waals surface area contributed by atoms with Crippen LogP contribution in [0.4, 0.5) is 8.78 Å². The molecule has 1 aromatic carbocycles. The molecule has 1 N–H and O–H groups in total. The van der Waals surface area contributed by atoms with Crippen LogP contribution >= 0.6 is 11.8 Å². The van der Waals surface area contributed by atoms with Crippen molar-refractivity contribution < 1.29 is 13.9 Å². The Morgan fingerprint density at radius 1 is 1.05 bits per heavy atom. The van der Waals surface area contributed by atoms with Gasteiger partial charge in [0, 0.05) is 11.4 Å². The lowest BCUT2D eigenvalue weighted by atomic mass is 10.2. The molecular weight excluding hydrogens is 282 g/mol. The molecule has 6 heteroatoms. The number of benzene rings is 1. The summed E-state index contributed by atoms with van der Waals surface area (Å²) in [5, 5.41) is 9.21. The van der Waals surface area contributed by atoms with Crippen LogP contribution in [0.15, 0.2) is 22.2 Å². The Labute approximate surface area is 120 Å². The Balaban J connectivity index is 2.40. The summed E-state index contributed by atoms with van der Waals surface area (Å²) >= 11 is 0.843. The van der Waals surface area contributed by atoms with Crippen molar-refractivity contribution in [2.75, 3.05) is 0 Å². The lowest BCUT2D eigenvalue weighted by molar-refractivity contribution is 0.280. The van der Waals surface area contributed by atoms with Crippen LogP contribution in [0.3, 0.4) is 0 Å². The number of halogens is 2. The van der Waals surface area contributed by atoms with E-state index in [1.165, 1.54) is 0 Å². The van der Waals surface area contributed by atoms with Gasteiger partial charge in [-0.2, -0.15) is 0 Å². The van der Waals surface area contributed by atoms with Crippen LogP contribution in [0.2, 0.25) is 0 Å².